The molecule has 5 nitrogen and oxygen atoms in total. The molecule has 3 aromatic carbocycles. The smallest absolute Gasteiger partial charge is 0.264 e. The van der Waals surface area contributed by atoms with E-state index in [9.17, 15) is 13.2 Å². The highest BCUT2D eigenvalue weighted by Crippen LogP contribution is 2.36. The molecule has 5 rings (SSSR count). The van der Waals surface area contributed by atoms with E-state index in [-0.39, 0.29) is 16.8 Å². The second-order valence-electron chi connectivity index (χ2n) is 7.98. The number of halogens is 1. The highest BCUT2D eigenvalue weighted by Gasteiger charge is 2.34. The Balaban J connectivity index is 1.46. The van der Waals surface area contributed by atoms with Gasteiger partial charge in [-0.15, -0.1) is 0 Å². The Morgan fingerprint density at radius 3 is 2.48 bits per heavy atom. The lowest BCUT2D eigenvalue weighted by molar-refractivity contribution is 0.0981. The van der Waals surface area contributed by atoms with Crippen LogP contribution in [-0.4, -0.2) is 26.9 Å². The van der Waals surface area contributed by atoms with Gasteiger partial charge in [-0.05, 0) is 79.4 Å². The molecule has 1 atom stereocenters. The van der Waals surface area contributed by atoms with Gasteiger partial charge in [0, 0.05) is 28.9 Å². The molecule has 0 unspecified atom stereocenters. The largest absolute Gasteiger partial charge is 0.305 e. The number of hydrogen-bond acceptors (Lipinski definition) is 3. The molecule has 0 N–H and O–H groups in total. The number of hydrogen-bond donors (Lipinski definition) is 0. The molecule has 3 aromatic rings. The second-order valence-corrected chi connectivity index (χ2v) is 10.3. The molecule has 0 saturated heterocycles. The van der Waals surface area contributed by atoms with Gasteiger partial charge < -0.3 is 4.90 Å². The van der Waals surface area contributed by atoms with Crippen molar-refractivity contribution in [1.82, 2.24) is 0 Å². The van der Waals surface area contributed by atoms with E-state index in [2.05, 4.69) is 6.07 Å². The predicted octanol–water partition coefficient (Wildman–Crippen LogP) is 4.68. The molecule has 158 valence electrons. The van der Waals surface area contributed by atoms with Gasteiger partial charge in [-0.3, -0.25) is 9.10 Å². The van der Waals surface area contributed by atoms with Crippen LogP contribution in [0.2, 0.25) is 5.02 Å². The summed E-state index contributed by atoms with van der Waals surface area (Å²) in [5, 5.41) is 0.488. The summed E-state index contributed by atoms with van der Waals surface area (Å²) in [6, 6.07) is 19.5. The highest BCUT2D eigenvalue weighted by molar-refractivity contribution is 7.92. The summed E-state index contributed by atoms with van der Waals surface area (Å²) in [6.07, 6.45) is 1.40. The number of sulfonamides is 1. The second kappa shape index (κ2) is 7.39. The standard InChI is InChI=1S/C24H21ClN2O3S/c1-16-14-17-4-2-3-5-23(17)27(16)24(28)19-6-11-22-18(15-19)12-13-26(22)31(29,30)21-9-7-20(25)8-10-21/h2-11,15-16H,12-14H2,1H3/t16-/m0/s1. The SMILES string of the molecule is C[C@H]1Cc2ccccc2N1C(=O)c1ccc2c(c1)CCN2S(=O)(=O)c1ccc(Cl)cc1. The molecule has 1 amide bonds. The number of amides is 1. The molecular weight excluding hydrogens is 432 g/mol. The third-order valence-electron chi connectivity index (χ3n) is 6.01. The Morgan fingerprint density at radius 1 is 0.968 bits per heavy atom. The molecule has 0 fully saturated rings. The van der Waals surface area contributed by atoms with E-state index < -0.39 is 10.0 Å². The van der Waals surface area contributed by atoms with Gasteiger partial charge in [-0.1, -0.05) is 29.8 Å². The van der Waals surface area contributed by atoms with Crippen molar-refractivity contribution in [3.05, 3.63) is 88.4 Å². The number of carbonyl (C=O) groups is 1. The number of para-hydroxylation sites is 1. The zero-order valence-electron chi connectivity index (χ0n) is 17.0. The van der Waals surface area contributed by atoms with Gasteiger partial charge in [0.05, 0.1) is 10.6 Å². The first-order valence-corrected chi connectivity index (χ1v) is 12.0. The van der Waals surface area contributed by atoms with Crippen LogP contribution in [0.4, 0.5) is 11.4 Å². The normalized spacial score (nSPS) is 17.5. The van der Waals surface area contributed by atoms with Crippen molar-refractivity contribution >= 4 is 38.9 Å². The van der Waals surface area contributed by atoms with Crippen molar-refractivity contribution in [2.75, 3.05) is 15.7 Å². The van der Waals surface area contributed by atoms with E-state index >= 15 is 0 Å². The third kappa shape index (κ3) is 3.30. The lowest BCUT2D eigenvalue weighted by Crippen LogP contribution is -2.35. The molecule has 31 heavy (non-hydrogen) atoms. The monoisotopic (exact) mass is 452 g/mol. The average molecular weight is 453 g/mol. The summed E-state index contributed by atoms with van der Waals surface area (Å²) >= 11 is 5.90. The van der Waals surface area contributed by atoms with Crippen LogP contribution in [0.3, 0.4) is 0 Å². The molecule has 0 bridgehead atoms. The van der Waals surface area contributed by atoms with Gasteiger partial charge in [-0.25, -0.2) is 8.42 Å². The van der Waals surface area contributed by atoms with Crippen LogP contribution < -0.4 is 9.21 Å². The molecule has 2 aliphatic rings. The summed E-state index contributed by atoms with van der Waals surface area (Å²) in [4.78, 5) is 15.4. The predicted molar refractivity (Wildman–Crippen MR) is 123 cm³/mol. The Morgan fingerprint density at radius 2 is 1.71 bits per heavy atom. The van der Waals surface area contributed by atoms with Crippen LogP contribution in [0.5, 0.6) is 0 Å². The lowest BCUT2D eigenvalue weighted by atomic mass is 10.1. The Hall–Kier alpha value is -2.83. The summed E-state index contributed by atoms with van der Waals surface area (Å²) in [7, 11) is -3.69. The molecular formula is C24H21ClN2O3S. The van der Waals surface area contributed by atoms with Gasteiger partial charge in [0.1, 0.15) is 0 Å². The topological polar surface area (TPSA) is 57.7 Å². The maximum atomic E-state index is 13.3. The summed E-state index contributed by atoms with van der Waals surface area (Å²) in [6.45, 7) is 2.40. The average Bonchev–Trinajstić information content (AvgIpc) is 3.33. The number of anilines is 2. The van der Waals surface area contributed by atoms with E-state index in [1.165, 1.54) is 22.0 Å². The number of nitrogens with zero attached hydrogens (tertiary/aromatic N) is 2. The van der Waals surface area contributed by atoms with Gasteiger partial charge in [0.2, 0.25) is 0 Å². The number of carbonyl (C=O) groups excluding carboxylic acids is 1. The number of benzene rings is 3. The highest BCUT2D eigenvalue weighted by atomic mass is 35.5. The maximum Gasteiger partial charge on any atom is 0.264 e. The van der Waals surface area contributed by atoms with Crippen molar-refractivity contribution in [3.8, 4) is 0 Å². The Bertz CT molecular complexity index is 1290. The molecule has 0 aliphatic carbocycles. The molecule has 2 aliphatic heterocycles. The Labute approximate surface area is 186 Å². The number of fused-ring (bicyclic) bond motifs is 2. The zero-order valence-corrected chi connectivity index (χ0v) is 18.5. The first-order valence-electron chi connectivity index (χ1n) is 10.2. The molecule has 0 spiro atoms. The van der Waals surface area contributed by atoms with Crippen LogP contribution >= 0.6 is 11.6 Å². The van der Waals surface area contributed by atoms with Crippen molar-refractivity contribution in [2.24, 2.45) is 0 Å². The first kappa shape index (κ1) is 20.1. The van der Waals surface area contributed by atoms with Crippen molar-refractivity contribution in [1.29, 1.82) is 0 Å². The van der Waals surface area contributed by atoms with Crippen LogP contribution in [-0.2, 0) is 22.9 Å². The van der Waals surface area contributed by atoms with E-state index in [1.54, 1.807) is 24.3 Å². The quantitative estimate of drug-likeness (QED) is 0.579. The molecule has 2 heterocycles. The van der Waals surface area contributed by atoms with Crippen LogP contribution in [0.1, 0.15) is 28.4 Å². The fourth-order valence-corrected chi connectivity index (χ4v) is 6.13. The van der Waals surface area contributed by atoms with E-state index in [4.69, 9.17) is 11.6 Å². The summed E-state index contributed by atoms with van der Waals surface area (Å²) < 4.78 is 27.7. The minimum atomic E-state index is -3.69. The lowest BCUT2D eigenvalue weighted by Gasteiger charge is -2.23. The van der Waals surface area contributed by atoms with E-state index in [1.807, 2.05) is 36.1 Å². The Kier molecular flexibility index (Phi) is 4.79. The van der Waals surface area contributed by atoms with Gasteiger partial charge in [-0.2, -0.15) is 0 Å². The van der Waals surface area contributed by atoms with Crippen molar-refractivity contribution in [2.45, 2.75) is 30.7 Å². The molecule has 0 saturated carbocycles. The van der Waals surface area contributed by atoms with Crippen LogP contribution in [0.25, 0.3) is 0 Å². The molecule has 0 aromatic heterocycles. The van der Waals surface area contributed by atoms with E-state index in [0.29, 0.717) is 29.2 Å². The fraction of sp³-hybridized carbons (Fsp3) is 0.208. The number of rotatable bonds is 3. The summed E-state index contributed by atoms with van der Waals surface area (Å²) in [5.41, 5.74) is 4.19. The van der Waals surface area contributed by atoms with Gasteiger partial charge >= 0.3 is 0 Å². The fourth-order valence-electron chi connectivity index (χ4n) is 4.50. The molecule has 7 heteroatoms. The first-order chi connectivity index (χ1) is 14.9. The van der Waals surface area contributed by atoms with Crippen molar-refractivity contribution < 1.29 is 13.2 Å². The molecule has 0 radical (unpaired) electrons. The minimum absolute atomic E-state index is 0.0562. The van der Waals surface area contributed by atoms with Crippen LogP contribution in [0.15, 0.2) is 71.6 Å². The van der Waals surface area contributed by atoms with Gasteiger partial charge in [0.15, 0.2) is 0 Å². The van der Waals surface area contributed by atoms with Gasteiger partial charge in [0.25, 0.3) is 15.9 Å². The zero-order chi connectivity index (χ0) is 21.8. The minimum Gasteiger partial charge on any atom is -0.305 e. The van der Waals surface area contributed by atoms with Crippen LogP contribution in [0, 0.1) is 0 Å². The summed E-state index contributed by atoms with van der Waals surface area (Å²) in [5.74, 6) is -0.0562. The third-order valence-corrected chi connectivity index (χ3v) is 8.09. The van der Waals surface area contributed by atoms with Crippen molar-refractivity contribution in [3.63, 3.8) is 0 Å². The van der Waals surface area contributed by atoms with E-state index in [0.717, 1.165) is 17.7 Å². The maximum absolute atomic E-state index is 13.3.